The van der Waals surface area contributed by atoms with Crippen LogP contribution in [0.2, 0.25) is 0 Å². The van der Waals surface area contributed by atoms with Crippen molar-refractivity contribution in [2.45, 2.75) is 38.3 Å². The van der Waals surface area contributed by atoms with Crippen LogP contribution in [0.15, 0.2) is 0 Å². The van der Waals surface area contributed by atoms with Gasteiger partial charge >= 0.3 is 5.97 Å². The molecular weight excluding hydrogens is 170 g/mol. The molecule has 76 valence electrons. The van der Waals surface area contributed by atoms with Crippen LogP contribution in [0.3, 0.4) is 0 Å². The van der Waals surface area contributed by atoms with E-state index in [1.54, 1.807) is 6.92 Å². The van der Waals surface area contributed by atoms with E-state index in [1.165, 1.54) is 0 Å². The zero-order valence-corrected chi connectivity index (χ0v) is 7.86. The second kappa shape index (κ2) is 4.58. The van der Waals surface area contributed by atoms with Crippen LogP contribution in [0.1, 0.15) is 26.2 Å². The van der Waals surface area contributed by atoms with Gasteiger partial charge in [0.25, 0.3) is 0 Å². The minimum atomic E-state index is -0.821. The van der Waals surface area contributed by atoms with Crippen LogP contribution >= 0.6 is 0 Å². The highest BCUT2D eigenvalue weighted by molar-refractivity contribution is 5.72. The molecule has 0 aliphatic heterocycles. The first-order chi connectivity index (χ1) is 6.09. The number of aliphatic hydroxyl groups excluding tert-OH is 1. The Bertz CT molecular complexity index is 184. The minimum Gasteiger partial charge on any atom is -0.480 e. The number of carbonyl (C=O) groups is 1. The molecule has 0 radical (unpaired) electrons. The van der Waals surface area contributed by atoms with Gasteiger partial charge in [-0.2, -0.15) is 0 Å². The highest BCUT2D eigenvalue weighted by atomic mass is 16.4. The molecule has 0 amide bonds. The molecule has 3 N–H and O–H groups in total. The van der Waals surface area contributed by atoms with Crippen molar-refractivity contribution in [3.05, 3.63) is 0 Å². The van der Waals surface area contributed by atoms with Crippen molar-refractivity contribution >= 4 is 5.97 Å². The van der Waals surface area contributed by atoms with E-state index in [9.17, 15) is 9.90 Å². The lowest BCUT2D eigenvalue weighted by atomic mass is 10.1. The highest BCUT2D eigenvalue weighted by Crippen LogP contribution is 2.24. The van der Waals surface area contributed by atoms with Crippen molar-refractivity contribution < 1.29 is 15.0 Å². The third kappa shape index (κ3) is 3.32. The Labute approximate surface area is 78.0 Å². The van der Waals surface area contributed by atoms with E-state index in [2.05, 4.69) is 5.32 Å². The van der Waals surface area contributed by atoms with Crippen molar-refractivity contribution in [1.82, 2.24) is 5.32 Å². The minimum absolute atomic E-state index is 0.174. The van der Waals surface area contributed by atoms with E-state index < -0.39 is 12.0 Å². The highest BCUT2D eigenvalue weighted by Gasteiger charge is 2.23. The molecule has 4 nitrogen and oxygen atoms in total. The van der Waals surface area contributed by atoms with Gasteiger partial charge in [-0.05, 0) is 38.6 Å². The van der Waals surface area contributed by atoms with Crippen LogP contribution in [0.4, 0.5) is 0 Å². The summed E-state index contributed by atoms with van der Waals surface area (Å²) in [5.74, 6) is -0.379. The first kappa shape index (κ1) is 10.5. The standard InChI is InChI=1S/C9H17NO3/c1-6(9(12)13)10-5-7-2-3-8(11)4-7/h6-8,10-11H,2-5H2,1H3,(H,12,13). The van der Waals surface area contributed by atoms with Crippen molar-refractivity contribution in [2.24, 2.45) is 5.92 Å². The number of carboxylic acids is 1. The van der Waals surface area contributed by atoms with E-state index in [1.807, 2.05) is 0 Å². The van der Waals surface area contributed by atoms with Crippen molar-refractivity contribution in [2.75, 3.05) is 6.54 Å². The summed E-state index contributed by atoms with van der Waals surface area (Å²) < 4.78 is 0. The van der Waals surface area contributed by atoms with E-state index >= 15 is 0 Å². The number of carboxylic acid groups (broad SMARTS) is 1. The number of rotatable bonds is 4. The summed E-state index contributed by atoms with van der Waals surface area (Å²) in [5, 5.41) is 20.8. The third-order valence-electron chi connectivity index (χ3n) is 2.60. The topological polar surface area (TPSA) is 69.6 Å². The second-order valence-corrected chi connectivity index (χ2v) is 3.80. The molecule has 1 aliphatic carbocycles. The van der Waals surface area contributed by atoms with Crippen LogP contribution in [-0.2, 0) is 4.79 Å². The molecule has 0 aromatic heterocycles. The summed E-state index contributed by atoms with van der Waals surface area (Å²) in [7, 11) is 0. The van der Waals surface area contributed by atoms with Crippen molar-refractivity contribution in [3.63, 3.8) is 0 Å². The summed E-state index contributed by atoms with van der Waals surface area (Å²) in [6.07, 6.45) is 2.49. The van der Waals surface area contributed by atoms with Gasteiger partial charge in [0.2, 0.25) is 0 Å². The summed E-state index contributed by atoms with van der Waals surface area (Å²) in [6.45, 7) is 2.33. The zero-order chi connectivity index (χ0) is 9.84. The lowest BCUT2D eigenvalue weighted by Crippen LogP contribution is -2.36. The van der Waals surface area contributed by atoms with Crippen LogP contribution < -0.4 is 5.32 Å². The molecule has 3 unspecified atom stereocenters. The normalized spacial score (nSPS) is 30.3. The van der Waals surface area contributed by atoms with Crippen LogP contribution in [0.5, 0.6) is 0 Å². The number of hydrogen-bond donors (Lipinski definition) is 3. The van der Waals surface area contributed by atoms with Gasteiger partial charge in [0.15, 0.2) is 0 Å². The van der Waals surface area contributed by atoms with Gasteiger partial charge in [0.05, 0.1) is 6.10 Å². The molecule has 0 aromatic carbocycles. The molecule has 0 spiro atoms. The Kier molecular flexibility index (Phi) is 3.69. The summed E-state index contributed by atoms with van der Waals surface area (Å²) in [6, 6.07) is -0.488. The zero-order valence-electron chi connectivity index (χ0n) is 7.86. The summed E-state index contributed by atoms with van der Waals surface area (Å²) >= 11 is 0. The quantitative estimate of drug-likeness (QED) is 0.588. The predicted molar refractivity (Wildman–Crippen MR) is 48.4 cm³/mol. The Hall–Kier alpha value is -0.610. The first-order valence-corrected chi connectivity index (χ1v) is 4.74. The average molecular weight is 187 g/mol. The lowest BCUT2D eigenvalue weighted by Gasteiger charge is -2.13. The summed E-state index contributed by atoms with van der Waals surface area (Å²) in [5.41, 5.74) is 0. The van der Waals surface area contributed by atoms with Gasteiger partial charge in [-0.15, -0.1) is 0 Å². The van der Waals surface area contributed by atoms with Gasteiger partial charge in [-0.1, -0.05) is 0 Å². The monoisotopic (exact) mass is 187 g/mol. The fourth-order valence-corrected chi connectivity index (χ4v) is 1.66. The number of aliphatic hydroxyl groups is 1. The smallest absolute Gasteiger partial charge is 0.320 e. The molecular formula is C9H17NO3. The summed E-state index contributed by atoms with van der Waals surface area (Å²) in [4.78, 5) is 10.5. The molecule has 13 heavy (non-hydrogen) atoms. The molecule has 0 bridgehead atoms. The molecule has 1 saturated carbocycles. The van der Waals surface area contributed by atoms with E-state index in [4.69, 9.17) is 5.11 Å². The SMILES string of the molecule is CC(NCC1CCC(O)C1)C(=O)O. The molecule has 3 atom stereocenters. The van der Waals surface area contributed by atoms with Gasteiger partial charge in [-0.3, -0.25) is 4.79 Å². The fraction of sp³-hybridized carbons (Fsp3) is 0.889. The van der Waals surface area contributed by atoms with Gasteiger partial charge in [-0.25, -0.2) is 0 Å². The maximum absolute atomic E-state index is 10.5. The van der Waals surface area contributed by atoms with Crippen molar-refractivity contribution in [1.29, 1.82) is 0 Å². The Balaban J connectivity index is 2.16. The average Bonchev–Trinajstić information content (AvgIpc) is 2.47. The number of aliphatic carboxylic acids is 1. The maximum Gasteiger partial charge on any atom is 0.320 e. The Morgan fingerprint density at radius 3 is 2.77 bits per heavy atom. The van der Waals surface area contributed by atoms with Crippen molar-refractivity contribution in [3.8, 4) is 0 Å². The fourth-order valence-electron chi connectivity index (χ4n) is 1.66. The molecule has 1 fully saturated rings. The largest absolute Gasteiger partial charge is 0.480 e. The van der Waals surface area contributed by atoms with Gasteiger partial charge in [0.1, 0.15) is 6.04 Å². The van der Waals surface area contributed by atoms with Crippen LogP contribution in [-0.4, -0.2) is 34.9 Å². The number of nitrogens with one attached hydrogen (secondary N) is 1. The molecule has 1 rings (SSSR count). The lowest BCUT2D eigenvalue weighted by molar-refractivity contribution is -0.139. The first-order valence-electron chi connectivity index (χ1n) is 4.74. The molecule has 0 aromatic rings. The third-order valence-corrected chi connectivity index (χ3v) is 2.60. The Morgan fingerprint density at radius 2 is 2.31 bits per heavy atom. The molecule has 0 saturated heterocycles. The van der Waals surface area contributed by atoms with Gasteiger partial charge in [0, 0.05) is 0 Å². The predicted octanol–water partition coefficient (Wildman–Crippen LogP) is 0.210. The van der Waals surface area contributed by atoms with E-state index in [0.717, 1.165) is 19.3 Å². The maximum atomic E-state index is 10.5. The molecule has 4 heteroatoms. The van der Waals surface area contributed by atoms with E-state index in [-0.39, 0.29) is 6.10 Å². The molecule has 0 heterocycles. The number of hydrogen-bond acceptors (Lipinski definition) is 3. The van der Waals surface area contributed by atoms with Gasteiger partial charge < -0.3 is 15.5 Å². The molecule has 1 aliphatic rings. The Morgan fingerprint density at radius 1 is 1.62 bits per heavy atom. The van der Waals surface area contributed by atoms with E-state index in [0.29, 0.717) is 12.5 Å². The second-order valence-electron chi connectivity index (χ2n) is 3.80. The van der Waals surface area contributed by atoms with Crippen LogP contribution in [0, 0.1) is 5.92 Å². The van der Waals surface area contributed by atoms with Crippen LogP contribution in [0.25, 0.3) is 0 Å².